The molecule has 114 valence electrons. The molecule has 21 heavy (non-hydrogen) atoms. The van der Waals surface area contributed by atoms with Crippen molar-refractivity contribution in [3.05, 3.63) is 29.8 Å². The van der Waals surface area contributed by atoms with Gasteiger partial charge in [0.1, 0.15) is 0 Å². The molecule has 3 nitrogen and oxygen atoms in total. The molecule has 0 radical (unpaired) electrons. The van der Waals surface area contributed by atoms with Gasteiger partial charge in [0.25, 0.3) is 10.1 Å². The number of terminal acetylenes is 1. The fraction of sp³-hybridized carbons (Fsp3) is 0.529. The van der Waals surface area contributed by atoms with E-state index >= 15 is 0 Å². The van der Waals surface area contributed by atoms with Crippen LogP contribution in [0, 0.1) is 31.1 Å². The molecule has 0 atom stereocenters. The molecular weight excluding hydrogens is 284 g/mol. The van der Waals surface area contributed by atoms with E-state index in [1.54, 1.807) is 24.3 Å². The topological polar surface area (TPSA) is 43.4 Å². The molecule has 0 bridgehead atoms. The maximum Gasteiger partial charge on any atom is 0.296 e. The van der Waals surface area contributed by atoms with Gasteiger partial charge in [-0.05, 0) is 56.6 Å². The van der Waals surface area contributed by atoms with Crippen molar-refractivity contribution in [2.45, 2.75) is 43.9 Å². The first kappa shape index (κ1) is 16.1. The van der Waals surface area contributed by atoms with Gasteiger partial charge in [0, 0.05) is 6.42 Å². The maximum atomic E-state index is 12.1. The summed E-state index contributed by atoms with van der Waals surface area (Å²) < 4.78 is 29.4. The molecule has 0 N–H and O–H groups in total. The van der Waals surface area contributed by atoms with Gasteiger partial charge in [-0.3, -0.25) is 4.18 Å². The van der Waals surface area contributed by atoms with Crippen LogP contribution in [0.2, 0.25) is 0 Å². The number of hydrogen-bond acceptors (Lipinski definition) is 3. The lowest BCUT2D eigenvalue weighted by atomic mass is 9.81. The van der Waals surface area contributed by atoms with E-state index < -0.39 is 10.1 Å². The highest BCUT2D eigenvalue weighted by molar-refractivity contribution is 7.86. The summed E-state index contributed by atoms with van der Waals surface area (Å²) in [5.41, 5.74) is 1.03. The van der Waals surface area contributed by atoms with Crippen molar-refractivity contribution in [3.8, 4) is 12.3 Å². The quantitative estimate of drug-likeness (QED) is 0.617. The number of rotatable bonds is 5. The Morgan fingerprint density at radius 1 is 1.14 bits per heavy atom. The Bertz CT molecular complexity index is 588. The lowest BCUT2D eigenvalue weighted by Gasteiger charge is -2.26. The van der Waals surface area contributed by atoms with E-state index in [0.717, 1.165) is 37.7 Å². The zero-order valence-corrected chi connectivity index (χ0v) is 13.2. The van der Waals surface area contributed by atoms with Crippen LogP contribution in [-0.4, -0.2) is 15.0 Å². The summed E-state index contributed by atoms with van der Waals surface area (Å²) in [7, 11) is -3.63. The predicted molar refractivity (Wildman–Crippen MR) is 83.2 cm³/mol. The Balaban J connectivity index is 1.86. The Morgan fingerprint density at radius 3 is 2.29 bits per heavy atom. The van der Waals surface area contributed by atoms with E-state index in [0.29, 0.717) is 11.8 Å². The van der Waals surface area contributed by atoms with E-state index in [1.165, 1.54) is 0 Å². The van der Waals surface area contributed by atoms with E-state index in [4.69, 9.17) is 10.6 Å². The molecule has 0 unspecified atom stereocenters. The fourth-order valence-electron chi connectivity index (χ4n) is 2.73. The molecule has 1 aromatic carbocycles. The van der Waals surface area contributed by atoms with Crippen LogP contribution in [-0.2, 0) is 14.3 Å². The molecule has 0 heterocycles. The summed E-state index contributed by atoms with van der Waals surface area (Å²) in [6, 6.07) is 6.74. The molecule has 2 rings (SSSR count). The van der Waals surface area contributed by atoms with Gasteiger partial charge in [0.2, 0.25) is 0 Å². The van der Waals surface area contributed by atoms with E-state index in [2.05, 4.69) is 5.92 Å². The van der Waals surface area contributed by atoms with E-state index in [9.17, 15) is 8.42 Å². The van der Waals surface area contributed by atoms with Crippen molar-refractivity contribution in [3.63, 3.8) is 0 Å². The van der Waals surface area contributed by atoms with Crippen LogP contribution in [0.25, 0.3) is 0 Å². The summed E-state index contributed by atoms with van der Waals surface area (Å²) in [6.07, 6.45) is 10.3. The highest BCUT2D eigenvalue weighted by Gasteiger charge is 2.23. The first-order valence-corrected chi connectivity index (χ1v) is 8.81. The number of benzene rings is 1. The molecule has 0 amide bonds. The normalized spacial score (nSPS) is 22.7. The van der Waals surface area contributed by atoms with Crippen molar-refractivity contribution in [1.29, 1.82) is 0 Å². The van der Waals surface area contributed by atoms with Crippen LogP contribution in [0.1, 0.15) is 37.7 Å². The summed E-state index contributed by atoms with van der Waals surface area (Å²) in [6.45, 7) is 2.20. The summed E-state index contributed by atoms with van der Waals surface area (Å²) in [5, 5.41) is 0. The van der Waals surface area contributed by atoms with Crippen LogP contribution < -0.4 is 0 Å². The van der Waals surface area contributed by atoms with Gasteiger partial charge < -0.3 is 0 Å². The van der Waals surface area contributed by atoms with Crippen LogP contribution in [0.5, 0.6) is 0 Å². The summed E-state index contributed by atoms with van der Waals surface area (Å²) in [5.74, 6) is 3.62. The minimum absolute atomic E-state index is 0.231. The van der Waals surface area contributed by atoms with Crippen LogP contribution >= 0.6 is 0 Å². The summed E-state index contributed by atoms with van der Waals surface area (Å²) in [4.78, 5) is 0.231. The number of hydrogen-bond donors (Lipinski definition) is 0. The van der Waals surface area contributed by atoms with E-state index in [-0.39, 0.29) is 11.5 Å². The molecule has 1 aromatic rings. The second-order valence-electron chi connectivity index (χ2n) is 5.85. The van der Waals surface area contributed by atoms with Crippen molar-refractivity contribution in [1.82, 2.24) is 0 Å². The highest BCUT2D eigenvalue weighted by atomic mass is 32.2. The van der Waals surface area contributed by atoms with Crippen molar-refractivity contribution in [2.75, 3.05) is 6.61 Å². The maximum absolute atomic E-state index is 12.1. The van der Waals surface area contributed by atoms with Gasteiger partial charge in [-0.1, -0.05) is 17.7 Å². The Hall–Kier alpha value is -1.31. The van der Waals surface area contributed by atoms with Crippen molar-refractivity contribution >= 4 is 10.1 Å². The molecule has 1 aliphatic rings. The first-order valence-electron chi connectivity index (χ1n) is 7.41. The predicted octanol–water partition coefficient (Wildman–Crippen LogP) is 3.53. The monoisotopic (exact) mass is 306 g/mol. The molecule has 0 spiro atoms. The Labute approximate surface area is 127 Å². The van der Waals surface area contributed by atoms with Gasteiger partial charge in [-0.25, -0.2) is 0 Å². The molecular formula is C17H22O3S. The average Bonchev–Trinajstić information content (AvgIpc) is 2.47. The van der Waals surface area contributed by atoms with Gasteiger partial charge in [-0.2, -0.15) is 8.42 Å². The fourth-order valence-corrected chi connectivity index (χ4v) is 3.70. The molecule has 1 aliphatic carbocycles. The molecule has 0 aliphatic heterocycles. The van der Waals surface area contributed by atoms with Gasteiger partial charge in [0.15, 0.2) is 0 Å². The summed E-state index contributed by atoms with van der Waals surface area (Å²) >= 11 is 0. The minimum atomic E-state index is -3.63. The van der Waals surface area contributed by atoms with Crippen LogP contribution in [0.4, 0.5) is 0 Å². The molecule has 4 heteroatoms. The third-order valence-electron chi connectivity index (χ3n) is 4.14. The smallest absolute Gasteiger partial charge is 0.266 e. The van der Waals surface area contributed by atoms with Gasteiger partial charge >= 0.3 is 0 Å². The zero-order valence-electron chi connectivity index (χ0n) is 12.4. The Morgan fingerprint density at radius 2 is 1.71 bits per heavy atom. The van der Waals surface area contributed by atoms with Crippen LogP contribution in [0.15, 0.2) is 29.2 Å². The number of aryl methyl sites for hydroxylation is 1. The molecule has 0 saturated heterocycles. The largest absolute Gasteiger partial charge is 0.296 e. The van der Waals surface area contributed by atoms with Crippen molar-refractivity contribution in [2.24, 2.45) is 11.8 Å². The molecule has 1 fully saturated rings. The molecule has 0 aromatic heterocycles. The van der Waals surface area contributed by atoms with Gasteiger partial charge in [-0.15, -0.1) is 12.3 Å². The van der Waals surface area contributed by atoms with Crippen LogP contribution in [0.3, 0.4) is 0 Å². The van der Waals surface area contributed by atoms with Gasteiger partial charge in [0.05, 0.1) is 11.5 Å². The SMILES string of the molecule is C#CCC1CCC(COS(=O)(=O)c2ccc(C)cc2)CC1. The lowest BCUT2D eigenvalue weighted by Crippen LogP contribution is -2.20. The minimum Gasteiger partial charge on any atom is -0.266 e. The second-order valence-corrected chi connectivity index (χ2v) is 7.46. The van der Waals surface area contributed by atoms with Crippen molar-refractivity contribution < 1.29 is 12.6 Å². The zero-order chi connectivity index (χ0) is 15.3. The average molecular weight is 306 g/mol. The lowest BCUT2D eigenvalue weighted by molar-refractivity contribution is 0.188. The second kappa shape index (κ2) is 7.11. The van der Waals surface area contributed by atoms with E-state index in [1.807, 2.05) is 6.92 Å². The third kappa shape index (κ3) is 4.59. The third-order valence-corrected chi connectivity index (χ3v) is 5.44. The first-order chi connectivity index (χ1) is 10.0. The standard InChI is InChI=1S/C17H22O3S/c1-3-4-15-7-9-16(10-8-15)13-20-21(18,19)17-11-5-14(2)6-12-17/h1,5-6,11-12,15-16H,4,7-10,13H2,2H3. The Kier molecular flexibility index (Phi) is 5.44. The molecule has 1 saturated carbocycles. The highest BCUT2D eigenvalue weighted by Crippen LogP contribution is 2.31.